The summed E-state index contributed by atoms with van der Waals surface area (Å²) in [5, 5.41) is 43.3. The molecule has 0 unspecified atom stereocenters. The van der Waals surface area contributed by atoms with Crippen LogP contribution < -0.4 is 18.9 Å². The van der Waals surface area contributed by atoms with Crippen LogP contribution >= 0.6 is 0 Å². The summed E-state index contributed by atoms with van der Waals surface area (Å²) in [7, 11) is 6.40. The Hall–Kier alpha value is -9.10. The lowest BCUT2D eigenvalue weighted by molar-refractivity contribution is 0.415. The van der Waals surface area contributed by atoms with E-state index in [-0.39, 0.29) is 0 Å². The number of fused-ring (bicyclic) bond motifs is 8. The predicted molar refractivity (Wildman–Crippen MR) is 253 cm³/mol. The van der Waals surface area contributed by atoms with Crippen molar-refractivity contribution < 1.29 is 18.9 Å². The van der Waals surface area contributed by atoms with Gasteiger partial charge in [-0.2, -0.15) is 21.0 Å². The number of aromatic nitrogens is 4. The van der Waals surface area contributed by atoms with Gasteiger partial charge in [0.2, 0.25) is 0 Å². The molecule has 0 aliphatic carbocycles. The number of aromatic amines is 2. The van der Waals surface area contributed by atoms with Gasteiger partial charge in [0.15, 0.2) is 0 Å². The largest absolute Gasteiger partial charge is 0.497 e. The molecule has 0 radical (unpaired) electrons. The molecular formula is C54H40N8O4. The molecule has 2 atom stereocenters. The van der Waals surface area contributed by atoms with E-state index in [1.165, 1.54) is 0 Å². The van der Waals surface area contributed by atoms with Crippen molar-refractivity contribution in [2.45, 2.75) is 11.8 Å². The van der Waals surface area contributed by atoms with Crippen LogP contribution in [-0.2, 0) is 0 Å². The maximum absolute atomic E-state index is 10.8. The Labute approximate surface area is 380 Å². The van der Waals surface area contributed by atoms with E-state index < -0.39 is 23.7 Å². The third-order valence-electron chi connectivity index (χ3n) is 12.1. The molecule has 0 fully saturated rings. The molecular weight excluding hydrogens is 825 g/mol. The molecule has 320 valence electrons. The van der Waals surface area contributed by atoms with Gasteiger partial charge in [0.25, 0.3) is 0 Å². The predicted octanol–water partition coefficient (Wildman–Crippen LogP) is 11.4. The topological polar surface area (TPSA) is 189 Å². The van der Waals surface area contributed by atoms with Gasteiger partial charge in [-0.15, -0.1) is 0 Å². The molecule has 2 aliphatic rings. The molecule has 0 saturated carbocycles. The van der Waals surface area contributed by atoms with Crippen molar-refractivity contribution in [3.63, 3.8) is 0 Å². The van der Waals surface area contributed by atoms with E-state index in [2.05, 4.69) is 34.2 Å². The molecule has 9 rings (SSSR count). The molecule has 3 aromatic heterocycles. The lowest BCUT2D eigenvalue weighted by Gasteiger charge is -2.23. The van der Waals surface area contributed by atoms with Crippen molar-refractivity contribution in [3.05, 3.63) is 144 Å². The van der Waals surface area contributed by atoms with Crippen LogP contribution in [0.1, 0.15) is 34.6 Å². The van der Waals surface area contributed by atoms with Crippen molar-refractivity contribution in [3.8, 4) is 91.8 Å². The fourth-order valence-corrected chi connectivity index (χ4v) is 9.07. The van der Waals surface area contributed by atoms with Crippen LogP contribution in [0.15, 0.2) is 121 Å². The van der Waals surface area contributed by atoms with Gasteiger partial charge in [-0.25, -0.2) is 4.98 Å². The van der Waals surface area contributed by atoms with Gasteiger partial charge in [0.05, 0.1) is 75.5 Å². The zero-order valence-corrected chi connectivity index (χ0v) is 36.3. The molecule has 66 heavy (non-hydrogen) atoms. The van der Waals surface area contributed by atoms with Gasteiger partial charge in [-0.1, -0.05) is 48.5 Å². The number of rotatable bonds is 10. The summed E-state index contributed by atoms with van der Waals surface area (Å²) in [5.74, 6) is -2.37. The van der Waals surface area contributed by atoms with E-state index in [9.17, 15) is 21.0 Å². The highest BCUT2D eigenvalue weighted by Crippen LogP contribution is 2.52. The summed E-state index contributed by atoms with van der Waals surface area (Å²) in [4.78, 5) is 18.3. The first-order valence-corrected chi connectivity index (χ1v) is 21.0. The second-order valence-electron chi connectivity index (χ2n) is 15.6. The molecule has 8 bridgehead atoms. The first-order valence-electron chi connectivity index (χ1n) is 21.0. The van der Waals surface area contributed by atoms with Crippen LogP contribution in [0, 0.1) is 57.2 Å². The molecule has 12 nitrogen and oxygen atoms in total. The highest BCUT2D eigenvalue weighted by atomic mass is 16.5. The second kappa shape index (κ2) is 17.9. The molecule has 2 aliphatic heterocycles. The van der Waals surface area contributed by atoms with E-state index in [0.29, 0.717) is 90.1 Å². The Balaban J connectivity index is 1.57. The number of nitriles is 4. The third kappa shape index (κ3) is 7.49. The van der Waals surface area contributed by atoms with Crippen molar-refractivity contribution in [1.82, 2.24) is 19.9 Å². The number of benzene rings is 4. The maximum Gasteiger partial charge on any atom is 0.142 e. The number of hydrogen-bond donors (Lipinski definition) is 2. The number of nitrogens with zero attached hydrogens (tertiary/aromatic N) is 6. The number of H-pyrrole nitrogens is 2. The zero-order valence-electron chi connectivity index (χ0n) is 36.3. The summed E-state index contributed by atoms with van der Waals surface area (Å²) in [6.45, 7) is 0. The minimum Gasteiger partial charge on any atom is -0.497 e. The van der Waals surface area contributed by atoms with Crippen LogP contribution in [0.5, 0.6) is 23.0 Å². The van der Waals surface area contributed by atoms with Gasteiger partial charge in [-0.3, -0.25) is 4.98 Å². The third-order valence-corrected chi connectivity index (χ3v) is 12.1. The first-order chi connectivity index (χ1) is 32.3. The van der Waals surface area contributed by atoms with Crippen molar-refractivity contribution in [1.29, 1.82) is 21.0 Å². The monoisotopic (exact) mass is 864 g/mol. The SMILES string of the molecule is COc1cccc(-c2c3nc(c(-c4cccc(OC)c4)c4ccc([nH]4)c(-c4cccc(OC)c4)c4nc(c(-c5cccc(OC)c5)c5ccc2[nH]5)[C@@H](C(C#N)C#N)[C@@H]4C(C#N)C#N)C=C3)c1. The molecule has 7 aromatic rings. The van der Waals surface area contributed by atoms with Crippen LogP contribution in [0.4, 0.5) is 0 Å². The van der Waals surface area contributed by atoms with E-state index in [1.807, 2.05) is 133 Å². The number of nitrogens with one attached hydrogen (secondary N) is 2. The molecule has 12 heteroatoms. The van der Waals surface area contributed by atoms with E-state index in [0.717, 1.165) is 22.3 Å². The Bertz CT molecular complexity index is 3180. The minimum atomic E-state index is -1.34. The van der Waals surface area contributed by atoms with E-state index in [4.69, 9.17) is 28.9 Å². The number of hydrogen-bond acceptors (Lipinski definition) is 10. The minimum absolute atomic E-state index is 0.347. The summed E-state index contributed by atoms with van der Waals surface area (Å²) in [6, 6.07) is 47.0. The Morgan fingerprint density at radius 2 is 0.727 bits per heavy atom. The number of methoxy groups -OCH3 is 4. The highest BCUT2D eigenvalue weighted by molar-refractivity contribution is 5.98. The molecule has 2 N–H and O–H groups in total. The summed E-state index contributed by atoms with van der Waals surface area (Å²) >= 11 is 0. The molecule has 0 spiro atoms. The Morgan fingerprint density at radius 3 is 1.03 bits per heavy atom. The Morgan fingerprint density at radius 1 is 0.424 bits per heavy atom. The Kier molecular flexibility index (Phi) is 11.5. The van der Waals surface area contributed by atoms with Crippen LogP contribution in [0.25, 0.3) is 78.7 Å². The summed E-state index contributed by atoms with van der Waals surface area (Å²) in [6.07, 6.45) is 3.98. The van der Waals surface area contributed by atoms with Crippen LogP contribution in [0.3, 0.4) is 0 Å². The van der Waals surface area contributed by atoms with Gasteiger partial charge in [-0.05, 0) is 107 Å². The average Bonchev–Trinajstić information content (AvgIpc) is 4.20. The van der Waals surface area contributed by atoms with Crippen LogP contribution in [-0.4, -0.2) is 48.4 Å². The molecule has 4 aromatic carbocycles. The summed E-state index contributed by atoms with van der Waals surface area (Å²) < 4.78 is 22.9. The lowest BCUT2D eigenvalue weighted by Crippen LogP contribution is -2.21. The van der Waals surface area contributed by atoms with Crippen molar-refractivity contribution in [2.24, 2.45) is 11.8 Å². The fraction of sp³-hybridized carbons (Fsp3) is 0.148. The molecule has 0 saturated heterocycles. The average molecular weight is 865 g/mol. The molecule has 0 amide bonds. The standard InChI is InChI=1S/C54H40N8O4/c1-63-37-13-5-9-31(23-37)47-41-17-18-42(59-41)48(32-10-6-14-38(24-32)64-2)44-20-22-46(61-44)50(34-12-8-16-40(26-34)66-4)54-52(36(29-57)30-58)51(35(27-55)28-56)53(62-54)49(45-21-19-43(47)60-45)33-11-7-15-39(25-33)65-3/h5-26,35-36,51-52,60-61H,1-4H3/t51-,52-/m0/s1. The maximum atomic E-state index is 10.8. The van der Waals surface area contributed by atoms with Gasteiger partial charge in [0, 0.05) is 56.2 Å². The molecule has 5 heterocycles. The smallest absolute Gasteiger partial charge is 0.142 e. The van der Waals surface area contributed by atoms with Crippen molar-refractivity contribution >= 4 is 34.2 Å². The summed E-state index contributed by atoms with van der Waals surface area (Å²) in [5.41, 5.74) is 10.2. The van der Waals surface area contributed by atoms with Crippen LogP contribution in [0.2, 0.25) is 0 Å². The fourth-order valence-electron chi connectivity index (χ4n) is 9.07. The van der Waals surface area contributed by atoms with E-state index >= 15 is 0 Å². The van der Waals surface area contributed by atoms with Crippen molar-refractivity contribution in [2.75, 3.05) is 28.4 Å². The van der Waals surface area contributed by atoms with E-state index in [1.54, 1.807) is 28.4 Å². The zero-order chi connectivity index (χ0) is 45.9. The normalized spacial score (nSPS) is 13.9. The van der Waals surface area contributed by atoms with Gasteiger partial charge < -0.3 is 28.9 Å². The van der Waals surface area contributed by atoms with Gasteiger partial charge >= 0.3 is 0 Å². The van der Waals surface area contributed by atoms with Gasteiger partial charge in [0.1, 0.15) is 34.8 Å². The first kappa shape index (κ1) is 42.2. The number of ether oxygens (including phenoxy) is 4. The quantitative estimate of drug-likeness (QED) is 0.134. The second-order valence-corrected chi connectivity index (χ2v) is 15.6. The lowest BCUT2D eigenvalue weighted by atomic mass is 9.72. The highest BCUT2D eigenvalue weighted by Gasteiger charge is 2.46.